The number of hydrogen-bond acceptors (Lipinski definition) is 4. The Kier molecular flexibility index (Phi) is 3.62. The average Bonchev–Trinajstić information content (AvgIpc) is 2.34. The topological polar surface area (TPSA) is 47.0 Å². The average molecular weight is 268 g/mol. The molecule has 0 bridgehead atoms. The van der Waals surface area contributed by atoms with Gasteiger partial charge in [-0.3, -0.25) is 0 Å². The second-order valence-corrected chi connectivity index (χ2v) is 3.99. The van der Waals surface area contributed by atoms with Gasteiger partial charge in [-0.05, 0) is 30.7 Å². The minimum atomic E-state index is -0.256. The number of nitrogens with zero attached hydrogens (tertiary/aromatic N) is 2. The first-order valence-electron chi connectivity index (χ1n) is 5.19. The maximum absolute atomic E-state index is 13.1. The fourth-order valence-corrected chi connectivity index (χ4v) is 1.69. The van der Waals surface area contributed by atoms with Crippen LogP contribution < -0.4 is 10.1 Å². The molecule has 1 heterocycles. The SMILES string of the molecule is COc1c(Cl)ncnc1Nc1ccc(F)c(C)c1. The molecule has 0 fully saturated rings. The van der Waals surface area contributed by atoms with Crippen LogP contribution in [0.3, 0.4) is 0 Å². The zero-order valence-corrected chi connectivity index (χ0v) is 10.6. The first kappa shape index (κ1) is 12.6. The van der Waals surface area contributed by atoms with Crippen LogP contribution in [0.15, 0.2) is 24.5 Å². The van der Waals surface area contributed by atoms with Crippen molar-refractivity contribution < 1.29 is 9.13 Å². The van der Waals surface area contributed by atoms with E-state index in [1.807, 2.05) is 0 Å². The molecule has 2 aromatic rings. The molecule has 0 aliphatic heterocycles. The molecule has 0 saturated heterocycles. The van der Waals surface area contributed by atoms with Crippen molar-refractivity contribution in [1.29, 1.82) is 0 Å². The summed E-state index contributed by atoms with van der Waals surface area (Å²) < 4.78 is 18.3. The van der Waals surface area contributed by atoms with Gasteiger partial charge in [-0.1, -0.05) is 11.6 Å². The molecule has 0 saturated carbocycles. The van der Waals surface area contributed by atoms with Gasteiger partial charge in [0.25, 0.3) is 0 Å². The Morgan fingerprint density at radius 1 is 1.33 bits per heavy atom. The number of ether oxygens (including phenoxy) is 1. The summed E-state index contributed by atoms with van der Waals surface area (Å²) in [6, 6.07) is 4.66. The Morgan fingerprint density at radius 3 is 2.78 bits per heavy atom. The zero-order chi connectivity index (χ0) is 13.1. The number of halogens is 2. The Balaban J connectivity index is 2.34. The number of anilines is 2. The molecule has 4 nitrogen and oxygen atoms in total. The van der Waals surface area contributed by atoms with Crippen LogP contribution in [0.2, 0.25) is 5.15 Å². The van der Waals surface area contributed by atoms with Crippen molar-refractivity contribution in [3.63, 3.8) is 0 Å². The normalized spacial score (nSPS) is 10.2. The summed E-state index contributed by atoms with van der Waals surface area (Å²) in [7, 11) is 1.48. The molecule has 2 rings (SSSR count). The van der Waals surface area contributed by atoms with Crippen LogP contribution in [-0.4, -0.2) is 17.1 Å². The highest BCUT2D eigenvalue weighted by Gasteiger charge is 2.10. The molecule has 1 aromatic heterocycles. The lowest BCUT2D eigenvalue weighted by molar-refractivity contribution is 0.413. The van der Waals surface area contributed by atoms with Crippen molar-refractivity contribution in [3.05, 3.63) is 41.1 Å². The van der Waals surface area contributed by atoms with E-state index < -0.39 is 0 Å². The Morgan fingerprint density at radius 2 is 2.11 bits per heavy atom. The lowest BCUT2D eigenvalue weighted by atomic mass is 10.2. The maximum atomic E-state index is 13.1. The van der Waals surface area contributed by atoms with Crippen molar-refractivity contribution in [2.24, 2.45) is 0 Å². The highest BCUT2D eigenvalue weighted by molar-refractivity contribution is 6.31. The molecule has 0 aliphatic rings. The molecule has 0 aliphatic carbocycles. The number of hydrogen-bond donors (Lipinski definition) is 1. The number of nitrogens with one attached hydrogen (secondary N) is 1. The molecule has 18 heavy (non-hydrogen) atoms. The third-order valence-electron chi connectivity index (χ3n) is 2.39. The van der Waals surface area contributed by atoms with E-state index >= 15 is 0 Å². The van der Waals surface area contributed by atoms with Crippen LogP contribution in [0.5, 0.6) is 5.75 Å². The van der Waals surface area contributed by atoms with Crippen LogP contribution >= 0.6 is 11.6 Å². The third-order valence-corrected chi connectivity index (χ3v) is 2.65. The summed E-state index contributed by atoms with van der Waals surface area (Å²) >= 11 is 5.88. The summed E-state index contributed by atoms with van der Waals surface area (Å²) in [5.41, 5.74) is 1.24. The highest BCUT2D eigenvalue weighted by atomic mass is 35.5. The smallest absolute Gasteiger partial charge is 0.199 e. The van der Waals surface area contributed by atoms with Crippen molar-refractivity contribution in [2.75, 3.05) is 12.4 Å². The van der Waals surface area contributed by atoms with Crippen molar-refractivity contribution in [3.8, 4) is 5.75 Å². The van der Waals surface area contributed by atoms with Gasteiger partial charge >= 0.3 is 0 Å². The molecular weight excluding hydrogens is 257 g/mol. The van der Waals surface area contributed by atoms with Crippen molar-refractivity contribution in [2.45, 2.75) is 6.92 Å². The van der Waals surface area contributed by atoms with Crippen LogP contribution in [-0.2, 0) is 0 Å². The molecule has 6 heteroatoms. The van der Waals surface area contributed by atoms with Gasteiger partial charge < -0.3 is 10.1 Å². The molecular formula is C12H11ClFN3O. The monoisotopic (exact) mass is 267 g/mol. The lowest BCUT2D eigenvalue weighted by Gasteiger charge is -2.11. The largest absolute Gasteiger partial charge is 0.490 e. The van der Waals surface area contributed by atoms with E-state index in [9.17, 15) is 4.39 Å². The number of aromatic nitrogens is 2. The van der Waals surface area contributed by atoms with Gasteiger partial charge in [-0.2, -0.15) is 0 Å². The van der Waals surface area contributed by atoms with Crippen molar-refractivity contribution in [1.82, 2.24) is 9.97 Å². The molecule has 0 unspecified atom stereocenters. The van der Waals surface area contributed by atoms with E-state index in [1.54, 1.807) is 19.1 Å². The van der Waals surface area contributed by atoms with Gasteiger partial charge in [0, 0.05) is 5.69 Å². The Hall–Kier alpha value is -1.88. The quantitative estimate of drug-likeness (QED) is 0.867. The minimum Gasteiger partial charge on any atom is -0.490 e. The Bertz CT molecular complexity index is 577. The predicted molar refractivity (Wildman–Crippen MR) is 68.0 cm³/mol. The van der Waals surface area contributed by atoms with E-state index in [-0.39, 0.29) is 11.0 Å². The van der Waals surface area contributed by atoms with E-state index in [0.29, 0.717) is 22.8 Å². The van der Waals surface area contributed by atoms with Gasteiger partial charge in [-0.25, -0.2) is 14.4 Å². The van der Waals surface area contributed by atoms with E-state index in [1.165, 1.54) is 19.5 Å². The van der Waals surface area contributed by atoms with Crippen molar-refractivity contribution >= 4 is 23.1 Å². The third kappa shape index (κ3) is 2.51. The van der Waals surface area contributed by atoms with Crippen LogP contribution in [0.4, 0.5) is 15.9 Å². The molecule has 1 N–H and O–H groups in total. The first-order chi connectivity index (χ1) is 8.61. The molecule has 0 atom stereocenters. The van der Waals surface area contributed by atoms with Gasteiger partial charge in [0.05, 0.1) is 7.11 Å². The number of benzene rings is 1. The Labute approximate surface area is 109 Å². The van der Waals surface area contributed by atoms with E-state index in [2.05, 4.69) is 15.3 Å². The summed E-state index contributed by atoms with van der Waals surface area (Å²) in [6.45, 7) is 1.69. The fraction of sp³-hybridized carbons (Fsp3) is 0.167. The maximum Gasteiger partial charge on any atom is 0.199 e. The van der Waals surface area contributed by atoms with Gasteiger partial charge in [0.15, 0.2) is 16.7 Å². The van der Waals surface area contributed by atoms with Crippen LogP contribution in [0.1, 0.15) is 5.56 Å². The second kappa shape index (κ2) is 5.18. The van der Waals surface area contributed by atoms with Crippen LogP contribution in [0, 0.1) is 12.7 Å². The van der Waals surface area contributed by atoms with E-state index in [4.69, 9.17) is 16.3 Å². The van der Waals surface area contributed by atoms with Gasteiger partial charge in [0.1, 0.15) is 12.1 Å². The minimum absolute atomic E-state index is 0.217. The highest BCUT2D eigenvalue weighted by Crippen LogP contribution is 2.30. The number of rotatable bonds is 3. The lowest BCUT2D eigenvalue weighted by Crippen LogP contribution is -1.99. The standard InChI is InChI=1S/C12H11ClFN3O/c1-7-5-8(3-4-9(7)14)17-12-10(18-2)11(13)15-6-16-12/h3-6H,1-2H3,(H,15,16,17). The summed E-state index contributed by atoms with van der Waals surface area (Å²) in [5, 5.41) is 3.22. The summed E-state index contributed by atoms with van der Waals surface area (Å²) in [6.07, 6.45) is 1.32. The molecule has 0 radical (unpaired) electrons. The second-order valence-electron chi connectivity index (χ2n) is 3.64. The molecule has 1 aromatic carbocycles. The van der Waals surface area contributed by atoms with E-state index in [0.717, 1.165) is 0 Å². The summed E-state index contributed by atoms with van der Waals surface area (Å²) in [4.78, 5) is 7.85. The molecule has 0 amide bonds. The summed E-state index contributed by atoms with van der Waals surface area (Å²) in [5.74, 6) is 0.526. The van der Waals surface area contributed by atoms with Crippen LogP contribution in [0.25, 0.3) is 0 Å². The van der Waals surface area contributed by atoms with Gasteiger partial charge in [-0.15, -0.1) is 0 Å². The molecule has 94 valence electrons. The predicted octanol–water partition coefficient (Wildman–Crippen LogP) is 3.33. The first-order valence-corrected chi connectivity index (χ1v) is 5.57. The number of methoxy groups -OCH3 is 1. The molecule has 0 spiro atoms. The fourth-order valence-electron chi connectivity index (χ4n) is 1.48. The number of aryl methyl sites for hydroxylation is 1. The van der Waals surface area contributed by atoms with Gasteiger partial charge in [0.2, 0.25) is 0 Å². The zero-order valence-electron chi connectivity index (χ0n) is 9.87.